The van der Waals surface area contributed by atoms with Gasteiger partial charge in [0.05, 0.1) is 11.8 Å². The smallest absolute Gasteiger partial charge is 0.249 e. The molecule has 20 heavy (non-hydrogen) atoms. The molecular weight excluding hydrogens is 270 g/mol. The highest BCUT2D eigenvalue weighted by atomic mass is 32.1. The van der Waals surface area contributed by atoms with Gasteiger partial charge in [-0.3, -0.25) is 0 Å². The summed E-state index contributed by atoms with van der Waals surface area (Å²) in [4.78, 5) is 0.241. The molecule has 0 radical (unpaired) electrons. The molecule has 1 aromatic carbocycles. The fraction of sp³-hybridized carbons (Fsp3) is 0.267. The molecule has 0 saturated heterocycles. The summed E-state index contributed by atoms with van der Waals surface area (Å²) in [5, 5.41) is 7.74. The molecule has 0 aliphatic heterocycles. The monoisotopic (exact) mass is 287 g/mol. The standard InChI is InChI=1S/C15H17N3OS/c1-9(2)12-5-4-11(8-10(12)3)19-15-13(14(16)20)6-7-17-18-15/h4-9H,1-3H3,(H2,16,20). The lowest BCUT2D eigenvalue weighted by Gasteiger charge is -2.12. The molecule has 0 fully saturated rings. The fourth-order valence-corrected chi connectivity index (χ4v) is 2.21. The lowest BCUT2D eigenvalue weighted by atomic mass is 9.98. The molecule has 0 aliphatic rings. The van der Waals surface area contributed by atoms with Crippen LogP contribution in [0, 0.1) is 6.92 Å². The first kappa shape index (κ1) is 14.4. The normalized spacial score (nSPS) is 10.6. The molecule has 2 N–H and O–H groups in total. The highest BCUT2D eigenvalue weighted by Crippen LogP contribution is 2.27. The molecule has 1 aromatic heterocycles. The summed E-state index contributed by atoms with van der Waals surface area (Å²) >= 11 is 4.98. The van der Waals surface area contributed by atoms with Gasteiger partial charge in [0, 0.05) is 0 Å². The number of aromatic nitrogens is 2. The van der Waals surface area contributed by atoms with E-state index in [0.29, 0.717) is 23.1 Å². The fourth-order valence-electron chi connectivity index (χ4n) is 2.05. The Morgan fingerprint density at radius 2 is 2.05 bits per heavy atom. The van der Waals surface area contributed by atoms with Crippen molar-refractivity contribution in [3.05, 3.63) is 47.2 Å². The van der Waals surface area contributed by atoms with Gasteiger partial charge >= 0.3 is 0 Å². The van der Waals surface area contributed by atoms with E-state index in [-0.39, 0.29) is 4.99 Å². The van der Waals surface area contributed by atoms with E-state index in [0.717, 1.165) is 0 Å². The third-order valence-corrected chi connectivity index (χ3v) is 3.25. The number of aryl methyl sites for hydroxylation is 1. The summed E-state index contributed by atoms with van der Waals surface area (Å²) in [5.41, 5.74) is 8.71. The summed E-state index contributed by atoms with van der Waals surface area (Å²) < 4.78 is 5.75. The van der Waals surface area contributed by atoms with Crippen molar-refractivity contribution >= 4 is 17.2 Å². The first-order valence-electron chi connectivity index (χ1n) is 6.39. The molecule has 0 atom stereocenters. The average molecular weight is 287 g/mol. The lowest BCUT2D eigenvalue weighted by Crippen LogP contribution is -2.12. The minimum atomic E-state index is 0.241. The van der Waals surface area contributed by atoms with Crippen LogP contribution in [0.2, 0.25) is 0 Å². The van der Waals surface area contributed by atoms with E-state index >= 15 is 0 Å². The number of hydrogen-bond donors (Lipinski definition) is 1. The van der Waals surface area contributed by atoms with Crippen LogP contribution in [0.25, 0.3) is 0 Å². The summed E-state index contributed by atoms with van der Waals surface area (Å²) in [6.45, 7) is 6.39. The predicted molar refractivity (Wildman–Crippen MR) is 83.3 cm³/mol. The highest BCUT2D eigenvalue weighted by molar-refractivity contribution is 7.80. The molecule has 104 valence electrons. The number of ether oxygens (including phenoxy) is 1. The second kappa shape index (κ2) is 5.96. The van der Waals surface area contributed by atoms with Gasteiger partial charge in [-0.05, 0) is 42.2 Å². The number of nitrogens with zero attached hydrogens (tertiary/aromatic N) is 2. The molecule has 0 amide bonds. The van der Waals surface area contributed by atoms with Crippen molar-refractivity contribution in [2.24, 2.45) is 5.73 Å². The van der Waals surface area contributed by atoms with Crippen LogP contribution in [-0.4, -0.2) is 15.2 Å². The largest absolute Gasteiger partial charge is 0.437 e. The van der Waals surface area contributed by atoms with Crippen LogP contribution in [-0.2, 0) is 0 Å². The van der Waals surface area contributed by atoms with E-state index in [9.17, 15) is 0 Å². The predicted octanol–water partition coefficient (Wildman–Crippen LogP) is 3.33. The van der Waals surface area contributed by atoms with Crippen molar-refractivity contribution in [3.8, 4) is 11.6 Å². The zero-order chi connectivity index (χ0) is 14.7. The van der Waals surface area contributed by atoms with Crippen molar-refractivity contribution in [2.75, 3.05) is 0 Å². The van der Waals surface area contributed by atoms with Crippen molar-refractivity contribution in [1.82, 2.24) is 10.2 Å². The molecule has 0 aliphatic carbocycles. The average Bonchev–Trinajstić information content (AvgIpc) is 2.38. The van der Waals surface area contributed by atoms with E-state index < -0.39 is 0 Å². The lowest BCUT2D eigenvalue weighted by molar-refractivity contribution is 0.453. The molecule has 0 spiro atoms. The Hall–Kier alpha value is -2.01. The zero-order valence-electron chi connectivity index (χ0n) is 11.8. The Morgan fingerprint density at radius 3 is 2.65 bits per heavy atom. The third kappa shape index (κ3) is 3.11. The number of thiocarbonyl (C=S) groups is 1. The maximum absolute atomic E-state index is 5.75. The Labute approximate surface area is 124 Å². The Bertz CT molecular complexity index is 641. The maximum atomic E-state index is 5.75. The molecule has 2 aromatic rings. The van der Waals surface area contributed by atoms with Crippen molar-refractivity contribution in [2.45, 2.75) is 26.7 Å². The van der Waals surface area contributed by atoms with Gasteiger partial charge in [0.1, 0.15) is 10.7 Å². The van der Waals surface area contributed by atoms with Gasteiger partial charge in [-0.2, -0.15) is 5.10 Å². The number of hydrogen-bond acceptors (Lipinski definition) is 4. The van der Waals surface area contributed by atoms with Gasteiger partial charge in [0.2, 0.25) is 5.88 Å². The Balaban J connectivity index is 2.31. The summed E-state index contributed by atoms with van der Waals surface area (Å²) in [6.07, 6.45) is 1.54. The highest BCUT2D eigenvalue weighted by Gasteiger charge is 2.11. The zero-order valence-corrected chi connectivity index (χ0v) is 12.6. The van der Waals surface area contributed by atoms with Gasteiger partial charge in [-0.1, -0.05) is 32.1 Å². The number of benzene rings is 1. The number of nitrogens with two attached hydrogens (primary N) is 1. The molecule has 0 unspecified atom stereocenters. The van der Waals surface area contributed by atoms with E-state index in [2.05, 4.69) is 37.0 Å². The second-order valence-electron chi connectivity index (χ2n) is 4.89. The van der Waals surface area contributed by atoms with Gasteiger partial charge in [-0.25, -0.2) is 0 Å². The minimum absolute atomic E-state index is 0.241. The SMILES string of the molecule is Cc1cc(Oc2nnccc2C(N)=S)ccc1C(C)C. The van der Waals surface area contributed by atoms with Crippen LogP contribution in [0.15, 0.2) is 30.5 Å². The summed E-state index contributed by atoms with van der Waals surface area (Å²) in [7, 11) is 0. The third-order valence-electron chi connectivity index (χ3n) is 3.03. The van der Waals surface area contributed by atoms with Crippen molar-refractivity contribution in [3.63, 3.8) is 0 Å². The molecule has 5 heteroatoms. The summed E-state index contributed by atoms with van der Waals surface area (Å²) in [5.74, 6) is 1.51. The first-order valence-corrected chi connectivity index (χ1v) is 6.79. The first-order chi connectivity index (χ1) is 9.49. The van der Waals surface area contributed by atoms with Crippen LogP contribution in [0.5, 0.6) is 11.6 Å². The van der Waals surface area contributed by atoms with Crippen molar-refractivity contribution < 1.29 is 4.74 Å². The second-order valence-corrected chi connectivity index (χ2v) is 5.33. The molecule has 0 saturated carbocycles. The van der Waals surface area contributed by atoms with Gasteiger partial charge in [-0.15, -0.1) is 5.10 Å². The molecule has 4 nitrogen and oxygen atoms in total. The van der Waals surface area contributed by atoms with Gasteiger partial charge in [0.25, 0.3) is 0 Å². The minimum Gasteiger partial charge on any atom is -0.437 e. The molecule has 0 bridgehead atoms. The maximum Gasteiger partial charge on any atom is 0.249 e. The van der Waals surface area contributed by atoms with Crippen LogP contribution in [0.1, 0.15) is 36.5 Å². The Kier molecular flexibility index (Phi) is 4.29. The van der Waals surface area contributed by atoms with E-state index in [4.69, 9.17) is 22.7 Å². The quantitative estimate of drug-likeness (QED) is 0.874. The van der Waals surface area contributed by atoms with E-state index in [1.54, 1.807) is 6.07 Å². The molecule has 2 rings (SSSR count). The van der Waals surface area contributed by atoms with E-state index in [1.165, 1.54) is 17.3 Å². The van der Waals surface area contributed by atoms with Crippen LogP contribution < -0.4 is 10.5 Å². The molecular formula is C15H17N3OS. The van der Waals surface area contributed by atoms with Crippen LogP contribution in [0.4, 0.5) is 0 Å². The van der Waals surface area contributed by atoms with E-state index in [1.807, 2.05) is 12.1 Å². The topological polar surface area (TPSA) is 61.0 Å². The number of rotatable bonds is 4. The molecule has 1 heterocycles. The van der Waals surface area contributed by atoms with Crippen molar-refractivity contribution in [1.29, 1.82) is 0 Å². The summed E-state index contributed by atoms with van der Waals surface area (Å²) in [6, 6.07) is 7.65. The van der Waals surface area contributed by atoms with Crippen LogP contribution >= 0.6 is 12.2 Å². The van der Waals surface area contributed by atoms with Gasteiger partial charge < -0.3 is 10.5 Å². The van der Waals surface area contributed by atoms with Gasteiger partial charge in [0.15, 0.2) is 0 Å². The Morgan fingerprint density at radius 1 is 1.30 bits per heavy atom. The van der Waals surface area contributed by atoms with Crippen LogP contribution in [0.3, 0.4) is 0 Å².